The van der Waals surface area contributed by atoms with Crippen LogP contribution in [0.4, 0.5) is 0 Å². The second kappa shape index (κ2) is 23.0. The van der Waals surface area contributed by atoms with E-state index < -0.39 is 59.5 Å². The minimum atomic E-state index is -1.25. The van der Waals surface area contributed by atoms with Gasteiger partial charge < -0.3 is 43.0 Å². The largest absolute Gasteiger partial charge is 0.370 e. The van der Waals surface area contributed by atoms with Crippen LogP contribution in [0.1, 0.15) is 70.2 Å². The molecule has 0 aliphatic rings. The molecule has 1 aromatic heterocycles. The molecule has 16 nitrogen and oxygen atoms in total. The first-order valence-corrected chi connectivity index (χ1v) is 18.9. The van der Waals surface area contributed by atoms with E-state index in [1.54, 1.807) is 13.8 Å². The smallest absolute Gasteiger partial charge is 0.289 e. The Labute approximate surface area is 327 Å². The summed E-state index contributed by atoms with van der Waals surface area (Å²) in [6, 6.07) is 14.7. The van der Waals surface area contributed by atoms with Crippen LogP contribution in [-0.2, 0) is 48.0 Å². The number of rotatable bonds is 23. The molecule has 0 spiro atoms. The highest BCUT2D eigenvalue weighted by atomic mass is 16.2. The van der Waals surface area contributed by atoms with Crippen LogP contribution in [-0.4, -0.2) is 88.0 Å². The quantitative estimate of drug-likeness (QED) is 0.0295. The number of aliphatic imine (C=N–C) groups is 1. The van der Waals surface area contributed by atoms with Crippen LogP contribution in [0.15, 0.2) is 78.2 Å². The third-order valence-corrected chi connectivity index (χ3v) is 8.99. The molecule has 1 heterocycles. The van der Waals surface area contributed by atoms with E-state index in [9.17, 15) is 28.8 Å². The molecule has 0 radical (unpaired) electrons. The highest BCUT2D eigenvalue weighted by Crippen LogP contribution is 2.12. The third-order valence-electron chi connectivity index (χ3n) is 8.99. The predicted octanol–water partition coefficient (Wildman–Crippen LogP) is 0.960. The second-order valence-corrected chi connectivity index (χ2v) is 14.1. The molecule has 5 atom stereocenters. The third kappa shape index (κ3) is 15.7. The normalized spacial score (nSPS) is 13.6. The minimum Gasteiger partial charge on any atom is -0.370 e. The van der Waals surface area contributed by atoms with Crippen LogP contribution in [0, 0.1) is 5.92 Å². The lowest BCUT2D eigenvalue weighted by atomic mass is 9.98. The molecule has 3 rings (SSSR count). The van der Waals surface area contributed by atoms with E-state index >= 15 is 0 Å². The van der Waals surface area contributed by atoms with Crippen LogP contribution in [0.5, 0.6) is 0 Å². The van der Waals surface area contributed by atoms with Gasteiger partial charge in [0.15, 0.2) is 5.96 Å². The number of nitrogens with one attached hydrogen (secondary N) is 6. The van der Waals surface area contributed by atoms with Gasteiger partial charge in [0.2, 0.25) is 29.4 Å². The maximum atomic E-state index is 13.8. The fraction of sp³-hybridized carbons (Fsp3) is 0.450. The van der Waals surface area contributed by atoms with E-state index in [1.165, 1.54) is 31.9 Å². The highest BCUT2D eigenvalue weighted by Gasteiger charge is 2.32. The SMILES string of the molecule is CC(=O)N[C@H](C(=O)N[C@@H](CCCN=C(N)N)C(=O)N[C@@H](Cc1cnc[nH]1)C(=O)N[C@@H](C)C(=O)C(=O)NC(CCCc1ccccc1)Cc1ccccc1)C(C)C. The van der Waals surface area contributed by atoms with Gasteiger partial charge in [-0.25, -0.2) is 4.98 Å². The van der Waals surface area contributed by atoms with Crippen molar-refractivity contribution in [3.8, 4) is 0 Å². The van der Waals surface area contributed by atoms with E-state index in [4.69, 9.17) is 11.5 Å². The van der Waals surface area contributed by atoms with Gasteiger partial charge in [-0.15, -0.1) is 0 Å². The molecule has 0 aliphatic heterocycles. The van der Waals surface area contributed by atoms with Crippen molar-refractivity contribution in [3.63, 3.8) is 0 Å². The number of nitrogens with two attached hydrogens (primary N) is 2. The van der Waals surface area contributed by atoms with Gasteiger partial charge in [-0.05, 0) is 62.5 Å². The Hall–Kier alpha value is -6.06. The molecule has 10 N–H and O–H groups in total. The number of imidazole rings is 1. The van der Waals surface area contributed by atoms with Crippen molar-refractivity contribution in [3.05, 3.63) is 90.0 Å². The summed E-state index contributed by atoms with van der Waals surface area (Å²) >= 11 is 0. The van der Waals surface area contributed by atoms with Crippen molar-refractivity contribution < 1.29 is 28.8 Å². The van der Waals surface area contributed by atoms with Crippen molar-refractivity contribution in [1.82, 2.24) is 36.6 Å². The first kappa shape index (κ1) is 44.3. The number of nitrogens with zero attached hydrogens (tertiary/aromatic N) is 2. The van der Waals surface area contributed by atoms with Gasteiger partial charge in [0.1, 0.15) is 18.1 Å². The molecular weight excluding hydrogens is 717 g/mol. The number of benzene rings is 2. The molecule has 5 amide bonds. The lowest BCUT2D eigenvalue weighted by molar-refractivity contribution is -0.140. The molecule has 2 aromatic carbocycles. The second-order valence-electron chi connectivity index (χ2n) is 14.1. The fourth-order valence-electron chi connectivity index (χ4n) is 6.04. The van der Waals surface area contributed by atoms with Crippen molar-refractivity contribution in [2.75, 3.05) is 6.54 Å². The van der Waals surface area contributed by atoms with Crippen LogP contribution < -0.4 is 38.1 Å². The molecule has 0 saturated carbocycles. The van der Waals surface area contributed by atoms with Gasteiger partial charge >= 0.3 is 0 Å². The molecule has 0 aliphatic carbocycles. The summed E-state index contributed by atoms with van der Waals surface area (Å²) in [5, 5.41) is 13.5. The number of aryl methyl sites for hydroxylation is 1. The zero-order valence-corrected chi connectivity index (χ0v) is 32.5. The number of carbonyl (C=O) groups excluding carboxylic acids is 6. The Morgan fingerprint density at radius 2 is 1.36 bits per heavy atom. The Bertz CT molecular complexity index is 1750. The highest BCUT2D eigenvalue weighted by molar-refractivity contribution is 6.38. The van der Waals surface area contributed by atoms with Crippen LogP contribution in [0.25, 0.3) is 0 Å². The van der Waals surface area contributed by atoms with Crippen molar-refractivity contribution in [2.45, 2.75) is 103 Å². The van der Waals surface area contributed by atoms with E-state index in [-0.39, 0.29) is 37.3 Å². The van der Waals surface area contributed by atoms with Crippen LogP contribution >= 0.6 is 0 Å². The first-order valence-electron chi connectivity index (χ1n) is 18.9. The number of hydrogen-bond donors (Lipinski definition) is 8. The lowest BCUT2D eigenvalue weighted by Gasteiger charge is -2.27. The van der Waals surface area contributed by atoms with Gasteiger partial charge in [-0.1, -0.05) is 74.5 Å². The Morgan fingerprint density at radius 1 is 0.732 bits per heavy atom. The molecule has 16 heteroatoms. The van der Waals surface area contributed by atoms with Crippen LogP contribution in [0.3, 0.4) is 0 Å². The number of aromatic nitrogens is 2. The summed E-state index contributed by atoms with van der Waals surface area (Å²) < 4.78 is 0. The molecule has 1 unspecified atom stereocenters. The van der Waals surface area contributed by atoms with E-state index in [0.29, 0.717) is 25.0 Å². The van der Waals surface area contributed by atoms with E-state index in [0.717, 1.165) is 18.4 Å². The number of guanidine groups is 1. The zero-order valence-electron chi connectivity index (χ0n) is 32.5. The van der Waals surface area contributed by atoms with Gasteiger partial charge in [0.05, 0.1) is 12.4 Å². The van der Waals surface area contributed by atoms with Crippen molar-refractivity contribution in [2.24, 2.45) is 22.4 Å². The van der Waals surface area contributed by atoms with Gasteiger partial charge in [0.25, 0.3) is 5.91 Å². The fourth-order valence-corrected chi connectivity index (χ4v) is 6.04. The standard InChI is InChI=1S/C40H56N10O6/c1-25(2)34(47-27(4)51)38(55)49-32(19-12-20-44-40(41)42)36(53)50-33(22-31-23-43-24-45-31)37(54)46-26(3)35(52)39(56)48-30(21-29-15-9-6-10-16-29)18-11-17-28-13-7-5-8-14-28/h5-10,13-16,23-26,30,32-34H,11-12,17-22H2,1-4H3,(H,43,45)(H,46,54)(H,47,51)(H,48,56)(H,49,55)(H,50,53)(H4,41,42,44)/t26-,30?,32-,33-,34-/m0/s1. The molecule has 0 bridgehead atoms. The number of H-pyrrole nitrogens is 1. The Balaban J connectivity index is 1.73. The number of ketones is 1. The Kier molecular flexibility index (Phi) is 18.2. The molecule has 0 fully saturated rings. The van der Waals surface area contributed by atoms with Crippen molar-refractivity contribution >= 4 is 41.3 Å². The summed E-state index contributed by atoms with van der Waals surface area (Å²) in [5.41, 5.74) is 13.6. The lowest BCUT2D eigenvalue weighted by Crippen LogP contribution is -2.59. The summed E-state index contributed by atoms with van der Waals surface area (Å²) in [7, 11) is 0. The number of aromatic amines is 1. The summed E-state index contributed by atoms with van der Waals surface area (Å²) in [5.74, 6) is -4.59. The minimum absolute atomic E-state index is 0.0551. The average molecular weight is 773 g/mol. The van der Waals surface area contributed by atoms with Gasteiger partial charge in [-0.3, -0.25) is 33.8 Å². The van der Waals surface area contributed by atoms with E-state index in [1.807, 2.05) is 60.7 Å². The molecular formula is C40H56N10O6. The Morgan fingerprint density at radius 3 is 1.95 bits per heavy atom. The monoisotopic (exact) mass is 772 g/mol. The maximum absolute atomic E-state index is 13.8. The zero-order chi connectivity index (χ0) is 41.0. The van der Waals surface area contributed by atoms with Crippen LogP contribution in [0.2, 0.25) is 0 Å². The van der Waals surface area contributed by atoms with Gasteiger partial charge in [-0.2, -0.15) is 0 Å². The topological polar surface area (TPSA) is 256 Å². The number of hydrogen-bond acceptors (Lipinski definition) is 8. The number of carbonyl (C=O) groups is 6. The van der Waals surface area contributed by atoms with E-state index in [2.05, 4.69) is 41.5 Å². The molecule has 0 saturated heterocycles. The first-order chi connectivity index (χ1) is 26.7. The average Bonchev–Trinajstić information content (AvgIpc) is 3.68. The summed E-state index contributed by atoms with van der Waals surface area (Å²) in [6.07, 6.45) is 5.93. The molecule has 56 heavy (non-hydrogen) atoms. The summed E-state index contributed by atoms with van der Waals surface area (Å²) in [4.78, 5) is 90.2. The van der Waals surface area contributed by atoms with Crippen molar-refractivity contribution in [1.29, 1.82) is 0 Å². The van der Waals surface area contributed by atoms with Gasteiger partial charge in [0, 0.05) is 37.8 Å². The number of amides is 5. The molecule has 3 aromatic rings. The number of Topliss-reactive ketones (excluding diaryl/α,β-unsaturated/α-hetero) is 1. The molecule has 302 valence electrons. The summed E-state index contributed by atoms with van der Waals surface area (Å²) in [6.45, 7) is 6.35. The predicted molar refractivity (Wildman–Crippen MR) is 213 cm³/mol. The maximum Gasteiger partial charge on any atom is 0.289 e.